The fourth-order valence-electron chi connectivity index (χ4n) is 2.64. The molecule has 1 saturated heterocycles. The minimum absolute atomic E-state index is 0.0435. The third kappa shape index (κ3) is 2.55. The Morgan fingerprint density at radius 3 is 2.50 bits per heavy atom. The molecule has 2 rings (SSSR count). The summed E-state index contributed by atoms with van der Waals surface area (Å²) in [5, 5.41) is 3.98. The Morgan fingerprint density at radius 1 is 1.45 bits per heavy atom. The lowest BCUT2D eigenvalue weighted by Crippen LogP contribution is -2.53. The van der Waals surface area contributed by atoms with Gasteiger partial charge >= 0.3 is 0 Å². The highest BCUT2D eigenvalue weighted by molar-refractivity contribution is 7.89. The number of morpholine rings is 1. The predicted octanol–water partition coefficient (Wildman–Crippen LogP) is 0.499. The molecule has 1 unspecified atom stereocenters. The van der Waals surface area contributed by atoms with E-state index in [2.05, 4.69) is 5.10 Å². The molecule has 1 aliphatic heterocycles. The third-order valence-electron chi connectivity index (χ3n) is 3.44. The highest BCUT2D eigenvalue weighted by Gasteiger charge is 2.40. The Morgan fingerprint density at radius 2 is 2.05 bits per heavy atom. The largest absolute Gasteiger partial charge is 0.381 e. The summed E-state index contributed by atoms with van der Waals surface area (Å²) in [7, 11) is -1.98. The SMILES string of the molecule is Cc1c(S(=O)(=O)N2CC(C)OC(C)(C)C2)c(N)nn1C. The highest BCUT2D eigenvalue weighted by Crippen LogP contribution is 2.30. The molecule has 0 bridgehead atoms. The first-order chi connectivity index (χ1) is 9.04. The van der Waals surface area contributed by atoms with Crippen molar-refractivity contribution in [3.05, 3.63) is 5.69 Å². The Kier molecular flexibility index (Phi) is 3.60. The molecule has 1 aromatic heterocycles. The Hall–Kier alpha value is -1.12. The maximum absolute atomic E-state index is 12.8. The van der Waals surface area contributed by atoms with E-state index in [4.69, 9.17) is 10.5 Å². The number of aryl methyl sites for hydroxylation is 1. The van der Waals surface area contributed by atoms with Gasteiger partial charge in [0.2, 0.25) is 10.0 Å². The van der Waals surface area contributed by atoms with Crippen molar-refractivity contribution in [2.75, 3.05) is 18.8 Å². The molecule has 1 atom stereocenters. The molecule has 0 aliphatic carbocycles. The molecule has 8 heteroatoms. The summed E-state index contributed by atoms with van der Waals surface area (Å²) < 4.78 is 34.3. The molecule has 1 aromatic rings. The number of ether oxygens (including phenoxy) is 1. The second kappa shape index (κ2) is 4.71. The van der Waals surface area contributed by atoms with Gasteiger partial charge in [-0.3, -0.25) is 4.68 Å². The van der Waals surface area contributed by atoms with Gasteiger partial charge in [-0.25, -0.2) is 8.42 Å². The van der Waals surface area contributed by atoms with Gasteiger partial charge in [0, 0.05) is 20.1 Å². The Labute approximate surface area is 119 Å². The number of nitrogens with two attached hydrogens (primary N) is 1. The van der Waals surface area contributed by atoms with Crippen molar-refractivity contribution >= 4 is 15.8 Å². The van der Waals surface area contributed by atoms with Crippen LogP contribution in [0.3, 0.4) is 0 Å². The lowest BCUT2D eigenvalue weighted by atomic mass is 10.1. The lowest BCUT2D eigenvalue weighted by molar-refractivity contribution is -0.109. The molecule has 2 heterocycles. The molecule has 20 heavy (non-hydrogen) atoms. The van der Waals surface area contributed by atoms with E-state index in [-0.39, 0.29) is 16.8 Å². The summed E-state index contributed by atoms with van der Waals surface area (Å²) in [6.45, 7) is 7.94. The number of nitrogen functional groups attached to an aromatic ring is 1. The molecule has 0 saturated carbocycles. The van der Waals surface area contributed by atoms with Gasteiger partial charge in [0.15, 0.2) is 5.82 Å². The lowest BCUT2D eigenvalue weighted by Gasteiger charge is -2.40. The summed E-state index contributed by atoms with van der Waals surface area (Å²) in [6.07, 6.45) is -0.160. The van der Waals surface area contributed by atoms with Crippen molar-refractivity contribution in [2.24, 2.45) is 7.05 Å². The van der Waals surface area contributed by atoms with Crippen LogP contribution in [0.5, 0.6) is 0 Å². The minimum atomic E-state index is -3.66. The van der Waals surface area contributed by atoms with Crippen molar-refractivity contribution in [1.29, 1.82) is 0 Å². The summed E-state index contributed by atoms with van der Waals surface area (Å²) in [6, 6.07) is 0. The monoisotopic (exact) mass is 302 g/mol. The number of hydrogen-bond acceptors (Lipinski definition) is 5. The number of anilines is 1. The first kappa shape index (κ1) is 15.3. The predicted molar refractivity (Wildman–Crippen MR) is 75.7 cm³/mol. The van der Waals surface area contributed by atoms with E-state index in [0.29, 0.717) is 18.8 Å². The average Bonchev–Trinajstić information content (AvgIpc) is 2.50. The molecule has 7 nitrogen and oxygen atoms in total. The fraction of sp³-hybridized carbons (Fsp3) is 0.750. The highest BCUT2D eigenvalue weighted by atomic mass is 32.2. The average molecular weight is 302 g/mol. The smallest absolute Gasteiger partial charge is 0.248 e. The number of rotatable bonds is 2. The van der Waals surface area contributed by atoms with Gasteiger partial charge in [0.1, 0.15) is 4.90 Å². The minimum Gasteiger partial charge on any atom is -0.381 e. The molecule has 1 aliphatic rings. The molecule has 0 aromatic carbocycles. The Balaban J connectivity index is 2.45. The van der Waals surface area contributed by atoms with Crippen molar-refractivity contribution in [2.45, 2.75) is 44.3 Å². The number of nitrogens with zero attached hydrogens (tertiary/aromatic N) is 3. The van der Waals surface area contributed by atoms with E-state index in [1.165, 1.54) is 8.99 Å². The fourth-order valence-corrected chi connectivity index (χ4v) is 4.60. The van der Waals surface area contributed by atoms with Crippen LogP contribution >= 0.6 is 0 Å². The van der Waals surface area contributed by atoms with Gasteiger partial charge in [-0.1, -0.05) is 0 Å². The van der Waals surface area contributed by atoms with E-state index in [0.717, 1.165) is 0 Å². The van der Waals surface area contributed by atoms with Crippen LogP contribution in [0.2, 0.25) is 0 Å². The van der Waals surface area contributed by atoms with Crippen LogP contribution in [0.15, 0.2) is 4.90 Å². The van der Waals surface area contributed by atoms with E-state index in [9.17, 15) is 8.42 Å². The van der Waals surface area contributed by atoms with Crippen LogP contribution in [0, 0.1) is 6.92 Å². The maximum Gasteiger partial charge on any atom is 0.248 e. The van der Waals surface area contributed by atoms with Crippen molar-refractivity contribution < 1.29 is 13.2 Å². The van der Waals surface area contributed by atoms with Gasteiger partial charge in [-0.2, -0.15) is 9.40 Å². The van der Waals surface area contributed by atoms with Crippen molar-refractivity contribution in [3.63, 3.8) is 0 Å². The number of hydrogen-bond donors (Lipinski definition) is 1. The third-order valence-corrected chi connectivity index (χ3v) is 5.42. The summed E-state index contributed by atoms with van der Waals surface area (Å²) in [5.41, 5.74) is 5.79. The normalized spacial score (nSPS) is 23.9. The standard InChI is InChI=1S/C12H22N4O3S/c1-8-6-16(7-12(3,4)19-8)20(17,18)10-9(2)15(5)14-11(10)13/h8H,6-7H2,1-5H3,(H2,13,14). The zero-order valence-corrected chi connectivity index (χ0v) is 13.4. The quantitative estimate of drug-likeness (QED) is 0.859. The summed E-state index contributed by atoms with van der Waals surface area (Å²) in [4.78, 5) is 0.102. The maximum atomic E-state index is 12.8. The molecule has 1 fully saturated rings. The topological polar surface area (TPSA) is 90.4 Å². The van der Waals surface area contributed by atoms with Gasteiger partial charge in [-0.15, -0.1) is 0 Å². The summed E-state index contributed by atoms with van der Waals surface area (Å²) in [5.74, 6) is 0.0435. The van der Waals surface area contributed by atoms with E-state index in [1.54, 1.807) is 14.0 Å². The zero-order chi connectivity index (χ0) is 15.3. The second-order valence-electron chi connectivity index (χ2n) is 5.91. The molecule has 0 radical (unpaired) electrons. The first-order valence-corrected chi connectivity index (χ1v) is 7.95. The van der Waals surface area contributed by atoms with E-state index in [1.807, 2.05) is 20.8 Å². The molecule has 2 N–H and O–H groups in total. The van der Waals surface area contributed by atoms with E-state index >= 15 is 0 Å². The molecular formula is C12H22N4O3S. The molecular weight excluding hydrogens is 280 g/mol. The van der Waals surface area contributed by atoms with Crippen LogP contribution < -0.4 is 5.73 Å². The van der Waals surface area contributed by atoms with Crippen LogP contribution in [-0.2, 0) is 21.8 Å². The van der Waals surface area contributed by atoms with E-state index < -0.39 is 15.6 Å². The van der Waals surface area contributed by atoms with Gasteiger partial charge < -0.3 is 10.5 Å². The zero-order valence-electron chi connectivity index (χ0n) is 12.5. The van der Waals surface area contributed by atoms with Crippen molar-refractivity contribution in [3.8, 4) is 0 Å². The second-order valence-corrected chi connectivity index (χ2v) is 7.78. The number of aromatic nitrogens is 2. The van der Waals surface area contributed by atoms with Crippen LogP contribution in [0.1, 0.15) is 26.5 Å². The molecule has 0 spiro atoms. The molecule has 0 amide bonds. The van der Waals surface area contributed by atoms with Crippen LogP contribution in [0.25, 0.3) is 0 Å². The van der Waals surface area contributed by atoms with Gasteiger partial charge in [0.25, 0.3) is 0 Å². The Bertz CT molecular complexity index is 621. The van der Waals surface area contributed by atoms with Crippen LogP contribution in [-0.4, -0.2) is 47.3 Å². The summed E-state index contributed by atoms with van der Waals surface area (Å²) >= 11 is 0. The molecule has 114 valence electrons. The number of sulfonamides is 1. The van der Waals surface area contributed by atoms with Gasteiger partial charge in [0.05, 0.1) is 17.4 Å². The first-order valence-electron chi connectivity index (χ1n) is 6.51. The van der Waals surface area contributed by atoms with Gasteiger partial charge in [-0.05, 0) is 27.7 Å². The van der Waals surface area contributed by atoms with Crippen molar-refractivity contribution in [1.82, 2.24) is 14.1 Å². The van der Waals surface area contributed by atoms with Crippen LogP contribution in [0.4, 0.5) is 5.82 Å².